The number of imide groups is 1. The second-order valence-corrected chi connectivity index (χ2v) is 8.05. The molecule has 3 saturated heterocycles. The average molecular weight is 430 g/mol. The molecule has 138 valence electrons. The van der Waals surface area contributed by atoms with E-state index in [0.29, 0.717) is 5.69 Å². The molecule has 0 radical (unpaired) electrons. The highest BCUT2D eigenvalue weighted by Gasteiger charge is 2.62. The number of carbonyl (C=O) groups excluding carboxylic acids is 2. The van der Waals surface area contributed by atoms with Gasteiger partial charge in [-0.2, -0.15) is 0 Å². The highest BCUT2D eigenvalue weighted by Crippen LogP contribution is 2.48. The lowest BCUT2D eigenvalue weighted by Gasteiger charge is -2.29. The molecular weight excluding hydrogens is 413 g/mol. The van der Waals surface area contributed by atoms with Gasteiger partial charge >= 0.3 is 0 Å². The number of amides is 2. The number of rotatable bonds is 2. The first-order chi connectivity index (χ1) is 13.1. The van der Waals surface area contributed by atoms with Crippen molar-refractivity contribution in [3.05, 3.63) is 64.4 Å². The van der Waals surface area contributed by atoms with Gasteiger partial charge in [0.1, 0.15) is 11.9 Å². The van der Waals surface area contributed by atoms with Crippen molar-refractivity contribution in [3.63, 3.8) is 0 Å². The molecule has 2 aromatic carbocycles. The van der Waals surface area contributed by atoms with Crippen LogP contribution in [0.15, 0.2) is 53.0 Å². The van der Waals surface area contributed by atoms with Gasteiger partial charge in [0.25, 0.3) is 5.91 Å². The van der Waals surface area contributed by atoms with Crippen LogP contribution in [0.5, 0.6) is 0 Å². The Morgan fingerprint density at radius 3 is 2.15 bits per heavy atom. The van der Waals surface area contributed by atoms with E-state index in [4.69, 9.17) is 0 Å². The third kappa shape index (κ3) is 2.49. The molecule has 0 N–H and O–H groups in total. The van der Waals surface area contributed by atoms with Crippen LogP contribution in [-0.2, 0) is 9.59 Å². The number of benzene rings is 2. The fourth-order valence-electron chi connectivity index (χ4n) is 4.62. The van der Waals surface area contributed by atoms with Crippen molar-refractivity contribution in [2.45, 2.75) is 18.5 Å². The zero-order chi connectivity index (χ0) is 18.7. The number of hydrogen-bond acceptors (Lipinski definition) is 4. The summed E-state index contributed by atoms with van der Waals surface area (Å²) in [5.41, 5.74) is 1.46. The molecule has 5 nitrogen and oxygen atoms in total. The summed E-state index contributed by atoms with van der Waals surface area (Å²) >= 11 is 3.45. The van der Waals surface area contributed by atoms with Crippen molar-refractivity contribution in [1.29, 1.82) is 0 Å². The van der Waals surface area contributed by atoms with Crippen molar-refractivity contribution < 1.29 is 14.0 Å². The van der Waals surface area contributed by atoms with Gasteiger partial charge in [-0.25, -0.2) is 19.3 Å². The van der Waals surface area contributed by atoms with E-state index < -0.39 is 17.8 Å². The van der Waals surface area contributed by atoms with E-state index in [2.05, 4.69) is 25.9 Å². The lowest BCUT2D eigenvalue weighted by atomic mass is 9.90. The first-order valence-electron chi connectivity index (χ1n) is 8.98. The van der Waals surface area contributed by atoms with E-state index in [0.717, 1.165) is 29.5 Å². The smallest absolute Gasteiger partial charge is 0.253 e. The molecule has 3 atom stereocenters. The molecule has 27 heavy (non-hydrogen) atoms. The minimum atomic E-state index is -0.487. The monoisotopic (exact) mass is 429 g/mol. The van der Waals surface area contributed by atoms with Gasteiger partial charge < -0.3 is 0 Å². The number of hydrazine groups is 1. The van der Waals surface area contributed by atoms with Crippen LogP contribution in [0.25, 0.3) is 0 Å². The van der Waals surface area contributed by atoms with Crippen LogP contribution in [0.1, 0.15) is 18.0 Å². The zero-order valence-electron chi connectivity index (χ0n) is 14.4. The molecule has 0 bridgehead atoms. The van der Waals surface area contributed by atoms with Gasteiger partial charge in [0.2, 0.25) is 5.91 Å². The van der Waals surface area contributed by atoms with Crippen LogP contribution in [-0.4, -0.2) is 41.0 Å². The quantitative estimate of drug-likeness (QED) is 0.687. The van der Waals surface area contributed by atoms with Gasteiger partial charge in [-0.1, -0.05) is 28.1 Å². The number of fused-ring (bicyclic) bond motifs is 3. The van der Waals surface area contributed by atoms with E-state index in [9.17, 15) is 14.0 Å². The molecule has 0 aromatic heterocycles. The standard InChI is InChI=1S/C20H17BrFN3O2/c21-13-4-2-12(3-5-13)17-16-18(24-11-1-10-23(17)24)20(27)25(19(16)26)15-8-6-14(22)7-9-15/h2-9,16-18H,1,10-11H2/t16-,17+,18+/m0/s1. The Balaban J connectivity index is 1.57. The van der Waals surface area contributed by atoms with Crippen LogP contribution in [0.2, 0.25) is 0 Å². The Hall–Kier alpha value is -2.09. The van der Waals surface area contributed by atoms with Crippen molar-refractivity contribution in [2.75, 3.05) is 18.0 Å². The minimum Gasteiger partial charge on any atom is -0.274 e. The highest BCUT2D eigenvalue weighted by molar-refractivity contribution is 9.10. The summed E-state index contributed by atoms with van der Waals surface area (Å²) in [6, 6.07) is 12.8. The molecule has 0 spiro atoms. The molecule has 0 unspecified atom stereocenters. The number of halogens is 2. The second-order valence-electron chi connectivity index (χ2n) is 7.14. The van der Waals surface area contributed by atoms with Crippen LogP contribution in [0.3, 0.4) is 0 Å². The molecule has 3 fully saturated rings. The summed E-state index contributed by atoms with van der Waals surface area (Å²) in [7, 11) is 0. The SMILES string of the molecule is O=C1[C@H]2[C@@H](c3ccc(Br)cc3)N3CCCN3[C@H]2C(=O)N1c1ccc(F)cc1. The number of anilines is 1. The van der Waals surface area contributed by atoms with E-state index in [1.165, 1.54) is 29.2 Å². The van der Waals surface area contributed by atoms with Gasteiger partial charge in [0.05, 0.1) is 17.6 Å². The molecule has 2 amide bonds. The summed E-state index contributed by atoms with van der Waals surface area (Å²) < 4.78 is 14.3. The minimum absolute atomic E-state index is 0.160. The van der Waals surface area contributed by atoms with Crippen LogP contribution < -0.4 is 4.90 Å². The van der Waals surface area contributed by atoms with Crippen LogP contribution >= 0.6 is 15.9 Å². The molecule has 3 aliphatic rings. The summed E-state index contributed by atoms with van der Waals surface area (Å²) in [6.45, 7) is 1.61. The molecule has 2 aromatic rings. The maximum atomic E-state index is 13.3. The van der Waals surface area contributed by atoms with Gasteiger partial charge in [-0.05, 0) is 48.4 Å². The summed E-state index contributed by atoms with van der Waals surface area (Å²) in [4.78, 5) is 27.7. The first kappa shape index (κ1) is 17.0. The molecule has 0 aliphatic carbocycles. The maximum Gasteiger partial charge on any atom is 0.253 e. The Kier molecular flexibility index (Phi) is 3.93. The zero-order valence-corrected chi connectivity index (χ0v) is 16.0. The van der Waals surface area contributed by atoms with Crippen LogP contribution in [0.4, 0.5) is 10.1 Å². The van der Waals surface area contributed by atoms with E-state index in [1.807, 2.05) is 24.3 Å². The van der Waals surface area contributed by atoms with Gasteiger partial charge in [0, 0.05) is 17.6 Å². The topological polar surface area (TPSA) is 43.9 Å². The Morgan fingerprint density at radius 1 is 0.852 bits per heavy atom. The molecule has 7 heteroatoms. The predicted octanol–water partition coefficient (Wildman–Crippen LogP) is 3.12. The van der Waals surface area contributed by atoms with Gasteiger partial charge in [-0.15, -0.1) is 0 Å². The summed E-state index contributed by atoms with van der Waals surface area (Å²) in [6.07, 6.45) is 0.967. The molecule has 5 rings (SSSR count). The summed E-state index contributed by atoms with van der Waals surface area (Å²) in [5.74, 6) is -1.28. The van der Waals surface area contributed by atoms with Crippen molar-refractivity contribution >= 4 is 33.4 Å². The van der Waals surface area contributed by atoms with Crippen molar-refractivity contribution in [2.24, 2.45) is 5.92 Å². The molecular formula is C20H17BrFN3O2. The lowest BCUT2D eigenvalue weighted by molar-refractivity contribution is -0.126. The first-order valence-corrected chi connectivity index (χ1v) is 9.77. The third-order valence-electron chi connectivity index (χ3n) is 5.70. The van der Waals surface area contributed by atoms with Gasteiger partial charge in [-0.3, -0.25) is 9.59 Å². The Bertz CT molecular complexity index is 918. The highest BCUT2D eigenvalue weighted by atomic mass is 79.9. The normalized spacial score (nSPS) is 28.1. The average Bonchev–Trinajstić information content (AvgIpc) is 3.30. The van der Waals surface area contributed by atoms with Crippen molar-refractivity contribution in [3.8, 4) is 0 Å². The van der Waals surface area contributed by atoms with E-state index in [1.54, 1.807) is 0 Å². The number of carbonyl (C=O) groups is 2. The fourth-order valence-corrected chi connectivity index (χ4v) is 4.88. The predicted molar refractivity (Wildman–Crippen MR) is 101 cm³/mol. The fraction of sp³-hybridized carbons (Fsp3) is 0.300. The Morgan fingerprint density at radius 2 is 1.48 bits per heavy atom. The second kappa shape index (κ2) is 6.22. The number of hydrogen-bond donors (Lipinski definition) is 0. The molecule has 3 heterocycles. The maximum absolute atomic E-state index is 13.3. The van der Waals surface area contributed by atoms with E-state index in [-0.39, 0.29) is 17.9 Å². The lowest BCUT2D eigenvalue weighted by Crippen LogP contribution is -2.44. The largest absolute Gasteiger partial charge is 0.274 e. The van der Waals surface area contributed by atoms with Crippen LogP contribution in [0, 0.1) is 11.7 Å². The Labute approximate surface area is 164 Å². The van der Waals surface area contributed by atoms with Gasteiger partial charge in [0.15, 0.2) is 0 Å². The third-order valence-corrected chi connectivity index (χ3v) is 6.23. The number of nitrogens with zero attached hydrogens (tertiary/aromatic N) is 3. The molecule has 3 aliphatic heterocycles. The molecule has 0 saturated carbocycles. The van der Waals surface area contributed by atoms with Crippen molar-refractivity contribution in [1.82, 2.24) is 10.0 Å². The summed E-state index contributed by atoms with van der Waals surface area (Å²) in [5, 5.41) is 4.23. The van der Waals surface area contributed by atoms with E-state index >= 15 is 0 Å².